The van der Waals surface area contributed by atoms with Crippen LogP contribution in [0.3, 0.4) is 0 Å². The Morgan fingerprint density at radius 2 is 1.50 bits per heavy atom. The molecule has 4 aromatic rings. The number of halogens is 1. The van der Waals surface area contributed by atoms with Crippen molar-refractivity contribution in [1.29, 1.82) is 0 Å². The normalized spacial score (nSPS) is 11.8. The largest absolute Gasteiger partial charge is 0.494 e. The standard InChI is InChI=1S/C36H40FN3O5S/c1-4-23-38-36(42)34(24-28-9-7-6-8-10-28)39(25-29-13-11-27(3)12-14-29)35(41)26-40(31-17-19-32(20-18-31)45-5-2)46(43,44)33-21-15-30(37)16-22-33/h6-22,34H,4-5,23-26H2,1-3H3,(H,38,42)/t34-/m1/s1. The predicted molar refractivity (Wildman–Crippen MR) is 178 cm³/mol. The number of nitrogens with zero attached hydrogens (tertiary/aromatic N) is 2. The van der Waals surface area contributed by atoms with Gasteiger partial charge >= 0.3 is 0 Å². The molecule has 0 aliphatic carbocycles. The first-order valence-corrected chi connectivity index (χ1v) is 16.7. The van der Waals surface area contributed by atoms with Crippen molar-refractivity contribution in [3.8, 4) is 5.75 Å². The highest BCUT2D eigenvalue weighted by Gasteiger charge is 2.34. The van der Waals surface area contributed by atoms with Gasteiger partial charge in [0.15, 0.2) is 0 Å². The summed E-state index contributed by atoms with van der Waals surface area (Å²) in [6.45, 7) is 6.05. The number of ether oxygens (including phenoxy) is 1. The fourth-order valence-electron chi connectivity index (χ4n) is 4.95. The van der Waals surface area contributed by atoms with Crippen LogP contribution in [0.5, 0.6) is 5.75 Å². The maximum Gasteiger partial charge on any atom is 0.264 e. The molecule has 0 heterocycles. The van der Waals surface area contributed by atoms with E-state index in [1.807, 2.05) is 75.4 Å². The third-order valence-corrected chi connectivity index (χ3v) is 9.20. The third kappa shape index (κ3) is 8.94. The van der Waals surface area contributed by atoms with Crippen molar-refractivity contribution in [3.05, 3.63) is 126 Å². The summed E-state index contributed by atoms with van der Waals surface area (Å²) in [4.78, 5) is 29.5. The molecule has 4 rings (SSSR count). The number of benzene rings is 4. The lowest BCUT2D eigenvalue weighted by Gasteiger charge is -2.34. The summed E-state index contributed by atoms with van der Waals surface area (Å²) in [5.74, 6) is -0.963. The van der Waals surface area contributed by atoms with Crippen LogP contribution in [0.25, 0.3) is 0 Å². The predicted octanol–water partition coefficient (Wildman–Crippen LogP) is 5.89. The molecule has 0 aliphatic rings. The molecule has 0 radical (unpaired) electrons. The first-order chi connectivity index (χ1) is 22.1. The fraction of sp³-hybridized carbons (Fsp3) is 0.278. The molecule has 2 amide bonds. The Balaban J connectivity index is 1.79. The van der Waals surface area contributed by atoms with Gasteiger partial charge in [0.1, 0.15) is 24.2 Å². The van der Waals surface area contributed by atoms with Gasteiger partial charge in [-0.2, -0.15) is 0 Å². The molecular formula is C36H40FN3O5S. The topological polar surface area (TPSA) is 96.0 Å². The molecule has 8 nitrogen and oxygen atoms in total. The van der Waals surface area contributed by atoms with E-state index in [-0.39, 0.29) is 29.5 Å². The van der Waals surface area contributed by atoms with E-state index in [0.29, 0.717) is 25.3 Å². The quantitative estimate of drug-likeness (QED) is 0.174. The molecule has 0 bridgehead atoms. The van der Waals surface area contributed by atoms with Gasteiger partial charge in [-0.3, -0.25) is 13.9 Å². The van der Waals surface area contributed by atoms with Crippen LogP contribution in [0.15, 0.2) is 108 Å². The number of carbonyl (C=O) groups excluding carboxylic acids is 2. The van der Waals surface area contributed by atoms with Gasteiger partial charge < -0.3 is 15.0 Å². The zero-order valence-electron chi connectivity index (χ0n) is 26.4. The molecule has 0 aliphatic heterocycles. The lowest BCUT2D eigenvalue weighted by atomic mass is 10.0. The average molecular weight is 646 g/mol. The van der Waals surface area contributed by atoms with E-state index in [9.17, 15) is 22.4 Å². The van der Waals surface area contributed by atoms with Gasteiger partial charge in [0.2, 0.25) is 11.8 Å². The summed E-state index contributed by atoms with van der Waals surface area (Å²) in [5.41, 5.74) is 2.89. The Hall–Kier alpha value is -4.70. The van der Waals surface area contributed by atoms with Gasteiger partial charge in [-0.25, -0.2) is 12.8 Å². The maximum atomic E-state index is 14.5. The van der Waals surface area contributed by atoms with Crippen molar-refractivity contribution in [3.63, 3.8) is 0 Å². The van der Waals surface area contributed by atoms with Gasteiger partial charge in [0.25, 0.3) is 10.0 Å². The van der Waals surface area contributed by atoms with E-state index in [4.69, 9.17) is 4.74 Å². The second-order valence-electron chi connectivity index (χ2n) is 10.9. The van der Waals surface area contributed by atoms with Gasteiger partial charge in [-0.05, 0) is 79.9 Å². The number of nitrogens with one attached hydrogen (secondary N) is 1. The van der Waals surface area contributed by atoms with Crippen LogP contribution in [0.1, 0.15) is 37.0 Å². The second-order valence-corrected chi connectivity index (χ2v) is 12.8. The Morgan fingerprint density at radius 1 is 0.848 bits per heavy atom. The molecule has 10 heteroatoms. The van der Waals surface area contributed by atoms with Crippen LogP contribution >= 0.6 is 0 Å². The van der Waals surface area contributed by atoms with E-state index in [1.54, 1.807) is 24.3 Å². The van der Waals surface area contributed by atoms with Gasteiger partial charge in [0.05, 0.1) is 17.2 Å². The first-order valence-electron chi connectivity index (χ1n) is 15.3. The molecular weight excluding hydrogens is 605 g/mol. The van der Waals surface area contributed by atoms with Crippen LogP contribution in [0.4, 0.5) is 10.1 Å². The monoisotopic (exact) mass is 645 g/mol. The molecule has 0 spiro atoms. The minimum atomic E-state index is -4.34. The van der Waals surface area contributed by atoms with Gasteiger partial charge in [-0.1, -0.05) is 67.1 Å². The average Bonchev–Trinajstić information content (AvgIpc) is 3.06. The van der Waals surface area contributed by atoms with Crippen molar-refractivity contribution in [2.24, 2.45) is 0 Å². The van der Waals surface area contributed by atoms with Crippen molar-refractivity contribution >= 4 is 27.5 Å². The van der Waals surface area contributed by atoms with E-state index in [0.717, 1.165) is 45.3 Å². The molecule has 0 unspecified atom stereocenters. The van der Waals surface area contributed by atoms with Gasteiger partial charge in [-0.15, -0.1) is 0 Å². The minimum absolute atomic E-state index is 0.0733. The smallest absolute Gasteiger partial charge is 0.264 e. The summed E-state index contributed by atoms with van der Waals surface area (Å²) >= 11 is 0. The van der Waals surface area contributed by atoms with E-state index in [2.05, 4.69) is 5.32 Å². The number of hydrogen-bond acceptors (Lipinski definition) is 5. The zero-order chi connectivity index (χ0) is 33.1. The highest BCUT2D eigenvalue weighted by Crippen LogP contribution is 2.27. The zero-order valence-corrected chi connectivity index (χ0v) is 27.2. The van der Waals surface area contributed by atoms with E-state index >= 15 is 0 Å². The Labute approximate surface area is 270 Å². The second kappa shape index (κ2) is 16.0. The Bertz CT molecular complexity index is 1680. The van der Waals surface area contributed by atoms with E-state index < -0.39 is 34.3 Å². The molecule has 0 fully saturated rings. The molecule has 0 saturated carbocycles. The number of rotatable bonds is 15. The first kappa shape index (κ1) is 34.2. The minimum Gasteiger partial charge on any atom is -0.494 e. The van der Waals surface area contributed by atoms with Crippen molar-refractivity contribution in [2.75, 3.05) is 24.0 Å². The highest BCUT2D eigenvalue weighted by atomic mass is 32.2. The number of carbonyl (C=O) groups is 2. The summed E-state index contributed by atoms with van der Waals surface area (Å²) in [6.07, 6.45) is 0.929. The molecule has 242 valence electrons. The van der Waals surface area contributed by atoms with Crippen molar-refractivity contribution in [2.45, 2.75) is 51.1 Å². The maximum absolute atomic E-state index is 14.5. The molecule has 0 saturated heterocycles. The SMILES string of the molecule is CCCNC(=O)[C@@H](Cc1ccccc1)N(Cc1ccc(C)cc1)C(=O)CN(c1ccc(OCC)cc1)S(=O)(=O)c1ccc(F)cc1. The molecule has 46 heavy (non-hydrogen) atoms. The van der Waals surface area contributed by atoms with Crippen LogP contribution in [-0.2, 0) is 32.6 Å². The summed E-state index contributed by atoms with van der Waals surface area (Å²) < 4.78 is 48.4. The van der Waals surface area contributed by atoms with E-state index in [1.165, 1.54) is 4.90 Å². The molecule has 1 N–H and O–H groups in total. The number of aryl methyl sites for hydroxylation is 1. The van der Waals surface area contributed by atoms with Crippen LogP contribution < -0.4 is 14.4 Å². The molecule has 4 aromatic carbocycles. The number of sulfonamides is 1. The third-order valence-electron chi connectivity index (χ3n) is 7.41. The Morgan fingerprint density at radius 3 is 2.11 bits per heavy atom. The Kier molecular flexibility index (Phi) is 11.9. The summed E-state index contributed by atoms with van der Waals surface area (Å²) in [5, 5.41) is 2.93. The molecule has 1 atom stereocenters. The van der Waals surface area contributed by atoms with Crippen molar-refractivity contribution in [1.82, 2.24) is 10.2 Å². The van der Waals surface area contributed by atoms with Crippen LogP contribution in [0.2, 0.25) is 0 Å². The number of amides is 2. The lowest BCUT2D eigenvalue weighted by Crippen LogP contribution is -2.53. The summed E-state index contributed by atoms with van der Waals surface area (Å²) in [6, 6.07) is 26.9. The summed E-state index contributed by atoms with van der Waals surface area (Å²) in [7, 11) is -4.34. The molecule has 0 aromatic heterocycles. The fourth-order valence-corrected chi connectivity index (χ4v) is 6.36. The van der Waals surface area contributed by atoms with Crippen LogP contribution in [0, 0.1) is 12.7 Å². The van der Waals surface area contributed by atoms with Crippen molar-refractivity contribution < 1.29 is 27.1 Å². The number of hydrogen-bond donors (Lipinski definition) is 1. The highest BCUT2D eigenvalue weighted by molar-refractivity contribution is 7.92. The number of anilines is 1. The van der Waals surface area contributed by atoms with Crippen LogP contribution in [-0.4, -0.2) is 50.9 Å². The lowest BCUT2D eigenvalue weighted by molar-refractivity contribution is -0.140. The van der Waals surface area contributed by atoms with Gasteiger partial charge in [0, 0.05) is 19.5 Å².